The average Bonchev–Trinajstić information content (AvgIpc) is 2.38. The third-order valence-electron chi connectivity index (χ3n) is 2.48. The molecule has 0 bridgehead atoms. The first-order chi connectivity index (χ1) is 8.29. The van der Waals surface area contributed by atoms with Gasteiger partial charge in [0.2, 0.25) is 0 Å². The second-order valence-corrected chi connectivity index (χ2v) is 4.48. The molecule has 2 heteroatoms. The van der Waals surface area contributed by atoms with Crippen LogP contribution >= 0.6 is 15.9 Å². The van der Waals surface area contributed by atoms with Crippen LogP contribution in [-0.2, 0) is 0 Å². The summed E-state index contributed by atoms with van der Waals surface area (Å²) in [4.78, 5) is 0. The third kappa shape index (κ3) is 3.21. The number of benzene rings is 2. The monoisotopic (exact) mass is 288 g/mol. The molecule has 0 amide bonds. The van der Waals surface area contributed by atoms with Crippen LogP contribution in [0.2, 0.25) is 0 Å². The molecule has 86 valence electrons. The maximum absolute atomic E-state index is 5.12. The van der Waals surface area contributed by atoms with E-state index in [1.165, 1.54) is 5.56 Å². The molecule has 0 atom stereocenters. The quantitative estimate of drug-likeness (QED) is 0.749. The Hall–Kier alpha value is -1.54. The molecule has 17 heavy (non-hydrogen) atoms. The lowest BCUT2D eigenvalue weighted by atomic mass is 10.1. The SMILES string of the molecule is COc1ccc(/C=C/c2ccccc2Br)cc1. The molecule has 0 aliphatic heterocycles. The normalized spacial score (nSPS) is 10.7. The number of methoxy groups -OCH3 is 1. The van der Waals surface area contributed by atoms with Crippen molar-refractivity contribution in [2.75, 3.05) is 7.11 Å². The highest BCUT2D eigenvalue weighted by molar-refractivity contribution is 9.10. The number of rotatable bonds is 3. The Morgan fingerprint density at radius 2 is 1.65 bits per heavy atom. The van der Waals surface area contributed by atoms with Crippen molar-refractivity contribution in [2.45, 2.75) is 0 Å². The molecular weight excluding hydrogens is 276 g/mol. The van der Waals surface area contributed by atoms with Gasteiger partial charge in [-0.1, -0.05) is 58.4 Å². The van der Waals surface area contributed by atoms with Gasteiger partial charge in [-0.05, 0) is 29.3 Å². The lowest BCUT2D eigenvalue weighted by Crippen LogP contribution is -1.81. The van der Waals surface area contributed by atoms with E-state index in [2.05, 4.69) is 34.1 Å². The second-order valence-electron chi connectivity index (χ2n) is 3.63. The lowest BCUT2D eigenvalue weighted by Gasteiger charge is -2.00. The highest BCUT2D eigenvalue weighted by atomic mass is 79.9. The molecule has 0 N–H and O–H groups in total. The van der Waals surface area contributed by atoms with Gasteiger partial charge >= 0.3 is 0 Å². The molecule has 0 aliphatic rings. The zero-order valence-electron chi connectivity index (χ0n) is 9.56. The van der Waals surface area contributed by atoms with E-state index in [-0.39, 0.29) is 0 Å². The molecule has 1 nitrogen and oxygen atoms in total. The topological polar surface area (TPSA) is 9.23 Å². The number of halogens is 1. The zero-order valence-corrected chi connectivity index (χ0v) is 11.1. The Morgan fingerprint density at radius 3 is 2.29 bits per heavy atom. The summed E-state index contributed by atoms with van der Waals surface area (Å²) in [5.74, 6) is 0.878. The Kier molecular flexibility index (Phi) is 3.99. The molecule has 2 aromatic rings. The van der Waals surface area contributed by atoms with Gasteiger partial charge in [0.1, 0.15) is 5.75 Å². The average molecular weight is 289 g/mol. The Bertz CT molecular complexity index is 515. The highest BCUT2D eigenvalue weighted by Crippen LogP contribution is 2.19. The van der Waals surface area contributed by atoms with E-state index >= 15 is 0 Å². The van der Waals surface area contributed by atoms with Crippen molar-refractivity contribution in [3.8, 4) is 5.75 Å². The third-order valence-corrected chi connectivity index (χ3v) is 3.20. The summed E-state index contributed by atoms with van der Waals surface area (Å²) in [7, 11) is 1.67. The van der Waals surface area contributed by atoms with Crippen LogP contribution < -0.4 is 4.74 Å². The molecule has 0 spiro atoms. The van der Waals surface area contributed by atoms with Crippen LogP contribution in [0.15, 0.2) is 53.0 Å². The van der Waals surface area contributed by atoms with Crippen molar-refractivity contribution in [2.24, 2.45) is 0 Å². The highest BCUT2D eigenvalue weighted by Gasteiger charge is 1.93. The van der Waals surface area contributed by atoms with Crippen molar-refractivity contribution >= 4 is 28.1 Å². The fourth-order valence-electron chi connectivity index (χ4n) is 1.51. The number of ether oxygens (including phenoxy) is 1. The van der Waals surface area contributed by atoms with Crippen molar-refractivity contribution < 1.29 is 4.74 Å². The minimum Gasteiger partial charge on any atom is -0.497 e. The van der Waals surface area contributed by atoms with Gasteiger partial charge < -0.3 is 4.74 Å². The van der Waals surface area contributed by atoms with Crippen LogP contribution in [0.4, 0.5) is 0 Å². The van der Waals surface area contributed by atoms with Crippen LogP contribution in [0.3, 0.4) is 0 Å². The van der Waals surface area contributed by atoms with Gasteiger partial charge in [-0.15, -0.1) is 0 Å². The fourth-order valence-corrected chi connectivity index (χ4v) is 1.93. The van der Waals surface area contributed by atoms with Crippen molar-refractivity contribution in [3.05, 3.63) is 64.1 Å². The summed E-state index contributed by atoms with van der Waals surface area (Å²) >= 11 is 3.52. The predicted molar refractivity (Wildman–Crippen MR) is 76.1 cm³/mol. The van der Waals surface area contributed by atoms with E-state index in [0.29, 0.717) is 0 Å². The van der Waals surface area contributed by atoms with Crippen molar-refractivity contribution in [3.63, 3.8) is 0 Å². The summed E-state index contributed by atoms with van der Waals surface area (Å²) < 4.78 is 6.22. The molecule has 0 saturated heterocycles. The van der Waals surface area contributed by atoms with Crippen LogP contribution in [0, 0.1) is 0 Å². The van der Waals surface area contributed by atoms with Gasteiger partial charge in [-0.25, -0.2) is 0 Å². The first-order valence-corrected chi connectivity index (χ1v) is 6.15. The second kappa shape index (κ2) is 5.69. The van der Waals surface area contributed by atoms with E-state index in [9.17, 15) is 0 Å². The molecule has 0 fully saturated rings. The van der Waals surface area contributed by atoms with Gasteiger partial charge in [-0.3, -0.25) is 0 Å². The smallest absolute Gasteiger partial charge is 0.118 e. The number of hydrogen-bond acceptors (Lipinski definition) is 1. The molecule has 0 aromatic heterocycles. The zero-order chi connectivity index (χ0) is 12.1. The first-order valence-electron chi connectivity index (χ1n) is 5.36. The molecule has 0 aliphatic carbocycles. The van der Waals surface area contributed by atoms with E-state index in [0.717, 1.165) is 15.8 Å². The summed E-state index contributed by atoms with van der Waals surface area (Å²) in [6, 6.07) is 16.1. The summed E-state index contributed by atoms with van der Waals surface area (Å²) in [6.45, 7) is 0. The predicted octanol–water partition coefficient (Wildman–Crippen LogP) is 4.63. The maximum Gasteiger partial charge on any atom is 0.118 e. The van der Waals surface area contributed by atoms with Crippen LogP contribution in [0.25, 0.3) is 12.2 Å². The van der Waals surface area contributed by atoms with E-state index in [4.69, 9.17) is 4.74 Å². The van der Waals surface area contributed by atoms with E-state index in [1.54, 1.807) is 7.11 Å². The molecule has 0 saturated carbocycles. The molecule has 0 heterocycles. The first kappa shape index (κ1) is 11.9. The van der Waals surface area contributed by atoms with Gasteiger partial charge in [0.25, 0.3) is 0 Å². The van der Waals surface area contributed by atoms with E-state index in [1.807, 2.05) is 42.5 Å². The van der Waals surface area contributed by atoms with Crippen LogP contribution in [0.1, 0.15) is 11.1 Å². The summed E-state index contributed by atoms with van der Waals surface area (Å²) in [6.07, 6.45) is 4.17. The molecule has 0 unspecified atom stereocenters. The molecule has 0 radical (unpaired) electrons. The molecule has 2 rings (SSSR count). The van der Waals surface area contributed by atoms with E-state index < -0.39 is 0 Å². The summed E-state index contributed by atoms with van der Waals surface area (Å²) in [5, 5.41) is 0. The van der Waals surface area contributed by atoms with Gasteiger partial charge in [0.15, 0.2) is 0 Å². The van der Waals surface area contributed by atoms with Crippen LogP contribution in [0.5, 0.6) is 5.75 Å². The van der Waals surface area contributed by atoms with Crippen LogP contribution in [-0.4, -0.2) is 7.11 Å². The van der Waals surface area contributed by atoms with Gasteiger partial charge in [0.05, 0.1) is 7.11 Å². The van der Waals surface area contributed by atoms with Crippen molar-refractivity contribution in [1.29, 1.82) is 0 Å². The maximum atomic E-state index is 5.12. The Balaban J connectivity index is 2.17. The minimum atomic E-state index is 0.878. The Labute approximate surface area is 110 Å². The minimum absolute atomic E-state index is 0.878. The van der Waals surface area contributed by atoms with Crippen molar-refractivity contribution in [1.82, 2.24) is 0 Å². The van der Waals surface area contributed by atoms with Gasteiger partial charge in [-0.2, -0.15) is 0 Å². The Morgan fingerprint density at radius 1 is 0.941 bits per heavy atom. The standard InChI is InChI=1S/C15H13BrO/c1-17-14-10-7-12(8-11-14)6-9-13-4-2-3-5-15(13)16/h2-11H,1H3/b9-6+. The van der Waals surface area contributed by atoms with Gasteiger partial charge in [0, 0.05) is 4.47 Å². The molecular formula is C15H13BrO. The lowest BCUT2D eigenvalue weighted by molar-refractivity contribution is 0.415. The summed E-state index contributed by atoms with van der Waals surface area (Å²) in [5.41, 5.74) is 2.32. The fraction of sp³-hybridized carbons (Fsp3) is 0.0667. The largest absolute Gasteiger partial charge is 0.497 e. The number of hydrogen-bond donors (Lipinski definition) is 0. The molecule has 2 aromatic carbocycles.